The number of hydrogen-bond donors (Lipinski definition) is 1. The Morgan fingerprint density at radius 3 is 3.04 bits per heavy atom. The van der Waals surface area contributed by atoms with Gasteiger partial charge in [-0.05, 0) is 39.3 Å². The number of imidazole rings is 1. The molecular weight excluding hydrogens is 296 g/mol. The van der Waals surface area contributed by atoms with E-state index < -0.39 is 5.60 Å². The average molecular weight is 318 g/mol. The standard InChI is InChI=1S/C16H22N4O3/c1-16(2,3)23-15(21)20-8-6-11(9-20)10-22-14-18-12-5-4-7-17-13(12)19-14/h4-5,7,11H,6,8-10H2,1-3H3,(H,17,18,19)/t11-/m0/s1. The summed E-state index contributed by atoms with van der Waals surface area (Å²) in [5.74, 6) is 0.281. The van der Waals surface area contributed by atoms with Crippen LogP contribution in [-0.4, -0.2) is 51.2 Å². The average Bonchev–Trinajstić information content (AvgIpc) is 3.09. The Bertz CT molecular complexity index is 659. The van der Waals surface area contributed by atoms with E-state index in [1.807, 2.05) is 32.9 Å². The number of pyridine rings is 1. The molecule has 7 nitrogen and oxygen atoms in total. The summed E-state index contributed by atoms with van der Waals surface area (Å²) >= 11 is 0. The molecule has 1 aliphatic heterocycles. The Morgan fingerprint density at radius 1 is 1.48 bits per heavy atom. The number of nitrogens with one attached hydrogen (secondary N) is 1. The van der Waals surface area contributed by atoms with E-state index in [0.717, 1.165) is 11.9 Å². The van der Waals surface area contributed by atoms with Gasteiger partial charge in [0, 0.05) is 25.2 Å². The van der Waals surface area contributed by atoms with E-state index >= 15 is 0 Å². The van der Waals surface area contributed by atoms with Crippen LogP contribution in [0.15, 0.2) is 18.3 Å². The van der Waals surface area contributed by atoms with Gasteiger partial charge in [0.2, 0.25) is 0 Å². The molecule has 0 aromatic carbocycles. The number of hydrogen-bond acceptors (Lipinski definition) is 5. The predicted octanol–water partition coefficient (Wildman–Crippen LogP) is 2.59. The third kappa shape index (κ3) is 3.91. The Balaban J connectivity index is 1.51. The molecule has 1 fully saturated rings. The fourth-order valence-electron chi connectivity index (χ4n) is 2.55. The van der Waals surface area contributed by atoms with Gasteiger partial charge in [-0.2, -0.15) is 4.98 Å². The van der Waals surface area contributed by atoms with Crippen LogP contribution in [0.2, 0.25) is 0 Å². The van der Waals surface area contributed by atoms with Crippen molar-refractivity contribution in [3.8, 4) is 6.01 Å². The Kier molecular flexibility index (Phi) is 4.11. The maximum atomic E-state index is 12.0. The van der Waals surface area contributed by atoms with Gasteiger partial charge in [-0.3, -0.25) is 0 Å². The molecular formula is C16H22N4O3. The highest BCUT2D eigenvalue weighted by Crippen LogP contribution is 2.21. The lowest BCUT2D eigenvalue weighted by molar-refractivity contribution is 0.0284. The molecule has 0 aliphatic carbocycles. The molecule has 3 rings (SSSR count). The Labute approximate surface area is 135 Å². The normalized spacial score (nSPS) is 18.4. The van der Waals surface area contributed by atoms with Crippen LogP contribution < -0.4 is 4.74 Å². The number of ether oxygens (including phenoxy) is 2. The predicted molar refractivity (Wildman–Crippen MR) is 85.3 cm³/mol. The fourth-order valence-corrected chi connectivity index (χ4v) is 2.55. The number of carbonyl (C=O) groups is 1. The minimum absolute atomic E-state index is 0.257. The number of H-pyrrole nitrogens is 1. The van der Waals surface area contributed by atoms with Crippen LogP contribution >= 0.6 is 0 Å². The van der Waals surface area contributed by atoms with E-state index in [-0.39, 0.29) is 12.0 Å². The fraction of sp³-hybridized carbons (Fsp3) is 0.562. The summed E-state index contributed by atoms with van der Waals surface area (Å²) in [6.07, 6.45) is 2.34. The van der Waals surface area contributed by atoms with Crippen LogP contribution in [-0.2, 0) is 4.74 Å². The van der Waals surface area contributed by atoms with Crippen LogP contribution in [0.5, 0.6) is 6.01 Å². The van der Waals surface area contributed by atoms with E-state index in [1.54, 1.807) is 11.1 Å². The molecule has 23 heavy (non-hydrogen) atoms. The quantitative estimate of drug-likeness (QED) is 0.941. The third-order valence-electron chi connectivity index (χ3n) is 3.63. The molecule has 2 aromatic rings. The van der Waals surface area contributed by atoms with E-state index in [9.17, 15) is 4.79 Å². The summed E-state index contributed by atoms with van der Waals surface area (Å²) in [7, 11) is 0. The summed E-state index contributed by atoms with van der Waals surface area (Å²) in [5.41, 5.74) is 1.03. The molecule has 1 atom stereocenters. The van der Waals surface area contributed by atoms with Gasteiger partial charge in [0.1, 0.15) is 5.60 Å². The molecule has 0 radical (unpaired) electrons. The minimum Gasteiger partial charge on any atom is -0.464 e. The number of amides is 1. The number of aromatic amines is 1. The molecule has 1 amide bonds. The molecule has 7 heteroatoms. The largest absolute Gasteiger partial charge is 0.464 e. The first-order chi connectivity index (χ1) is 10.9. The number of likely N-dealkylation sites (tertiary alicyclic amines) is 1. The number of nitrogens with zero attached hydrogens (tertiary/aromatic N) is 3. The van der Waals surface area contributed by atoms with Gasteiger partial charge in [0.25, 0.3) is 6.01 Å². The number of rotatable bonds is 3. The van der Waals surface area contributed by atoms with E-state index in [4.69, 9.17) is 9.47 Å². The highest BCUT2D eigenvalue weighted by molar-refractivity contribution is 5.70. The number of fused-ring (bicyclic) bond motifs is 1. The van der Waals surface area contributed by atoms with Crippen LogP contribution in [0.3, 0.4) is 0 Å². The summed E-state index contributed by atoms with van der Waals surface area (Å²) < 4.78 is 11.1. The van der Waals surface area contributed by atoms with Crippen molar-refractivity contribution in [3.63, 3.8) is 0 Å². The Morgan fingerprint density at radius 2 is 2.30 bits per heavy atom. The monoisotopic (exact) mass is 318 g/mol. The van der Waals surface area contributed by atoms with Crippen molar-refractivity contribution >= 4 is 17.3 Å². The zero-order valence-electron chi connectivity index (χ0n) is 13.7. The van der Waals surface area contributed by atoms with Crippen LogP contribution in [0.25, 0.3) is 11.2 Å². The van der Waals surface area contributed by atoms with Crippen molar-refractivity contribution in [2.45, 2.75) is 32.8 Å². The third-order valence-corrected chi connectivity index (χ3v) is 3.63. The van der Waals surface area contributed by atoms with Gasteiger partial charge in [0.15, 0.2) is 5.65 Å². The molecule has 1 saturated heterocycles. The smallest absolute Gasteiger partial charge is 0.410 e. The zero-order chi connectivity index (χ0) is 16.4. The van der Waals surface area contributed by atoms with Crippen molar-refractivity contribution in [1.82, 2.24) is 19.9 Å². The molecule has 3 heterocycles. The highest BCUT2D eigenvalue weighted by Gasteiger charge is 2.30. The second kappa shape index (κ2) is 6.06. The molecule has 1 N–H and O–H groups in total. The second-order valence-corrected chi connectivity index (χ2v) is 6.81. The molecule has 0 bridgehead atoms. The van der Waals surface area contributed by atoms with Crippen LogP contribution in [0.1, 0.15) is 27.2 Å². The molecule has 0 saturated carbocycles. The van der Waals surface area contributed by atoms with Crippen LogP contribution in [0.4, 0.5) is 4.79 Å². The van der Waals surface area contributed by atoms with E-state index in [0.29, 0.717) is 31.4 Å². The lowest BCUT2D eigenvalue weighted by Crippen LogP contribution is -2.35. The maximum absolute atomic E-state index is 12.0. The second-order valence-electron chi connectivity index (χ2n) is 6.81. The van der Waals surface area contributed by atoms with Crippen molar-refractivity contribution in [1.29, 1.82) is 0 Å². The van der Waals surface area contributed by atoms with Gasteiger partial charge in [-0.15, -0.1) is 0 Å². The molecule has 0 spiro atoms. The van der Waals surface area contributed by atoms with Gasteiger partial charge in [0.05, 0.1) is 12.1 Å². The summed E-state index contributed by atoms with van der Waals surface area (Å²) in [4.78, 5) is 25.3. The Hall–Kier alpha value is -2.31. The topological polar surface area (TPSA) is 80.3 Å². The maximum Gasteiger partial charge on any atom is 0.410 e. The lowest BCUT2D eigenvalue weighted by atomic mass is 10.1. The van der Waals surface area contributed by atoms with Gasteiger partial charge >= 0.3 is 6.09 Å². The molecule has 1 aliphatic rings. The molecule has 124 valence electrons. The SMILES string of the molecule is CC(C)(C)OC(=O)N1CC[C@H](COc2nc3ncccc3[nH]2)C1. The first kappa shape index (κ1) is 15.6. The van der Waals surface area contributed by atoms with Gasteiger partial charge in [-0.1, -0.05) is 0 Å². The highest BCUT2D eigenvalue weighted by atomic mass is 16.6. The zero-order valence-corrected chi connectivity index (χ0v) is 13.7. The van der Waals surface area contributed by atoms with E-state index in [1.165, 1.54) is 0 Å². The minimum atomic E-state index is -0.465. The van der Waals surface area contributed by atoms with Crippen molar-refractivity contribution in [2.24, 2.45) is 5.92 Å². The van der Waals surface area contributed by atoms with Crippen molar-refractivity contribution < 1.29 is 14.3 Å². The first-order valence-electron chi connectivity index (χ1n) is 7.82. The molecule has 2 aromatic heterocycles. The number of carbonyl (C=O) groups excluding carboxylic acids is 1. The summed E-state index contributed by atoms with van der Waals surface area (Å²) in [5, 5.41) is 0. The summed E-state index contributed by atoms with van der Waals surface area (Å²) in [6.45, 7) is 7.47. The summed E-state index contributed by atoms with van der Waals surface area (Å²) in [6, 6.07) is 4.22. The van der Waals surface area contributed by atoms with Crippen molar-refractivity contribution in [2.75, 3.05) is 19.7 Å². The number of aromatic nitrogens is 3. The van der Waals surface area contributed by atoms with Gasteiger partial charge in [-0.25, -0.2) is 9.78 Å². The molecule has 0 unspecified atom stereocenters. The van der Waals surface area contributed by atoms with E-state index in [2.05, 4.69) is 15.0 Å². The first-order valence-corrected chi connectivity index (χ1v) is 7.82. The van der Waals surface area contributed by atoms with Gasteiger partial charge < -0.3 is 19.4 Å². The van der Waals surface area contributed by atoms with Crippen molar-refractivity contribution in [3.05, 3.63) is 18.3 Å². The lowest BCUT2D eigenvalue weighted by Gasteiger charge is -2.24. The van der Waals surface area contributed by atoms with Crippen LogP contribution in [0, 0.1) is 5.92 Å².